The van der Waals surface area contributed by atoms with E-state index in [4.69, 9.17) is 0 Å². The normalized spacial score (nSPS) is 24.8. The Bertz CT molecular complexity index is 203. The Hall–Kier alpha value is -0.570. The van der Waals surface area contributed by atoms with Crippen molar-refractivity contribution in [3.8, 4) is 0 Å². The molecule has 0 spiro atoms. The van der Waals surface area contributed by atoms with E-state index in [1.807, 2.05) is 18.9 Å². The van der Waals surface area contributed by atoms with Gasteiger partial charge in [-0.2, -0.15) is 0 Å². The second-order valence-electron chi connectivity index (χ2n) is 4.46. The maximum absolute atomic E-state index is 11.6. The molecule has 1 heterocycles. The second-order valence-corrected chi connectivity index (χ2v) is 4.46. The zero-order valence-corrected chi connectivity index (χ0v) is 9.71. The molecule has 2 unspecified atom stereocenters. The lowest BCUT2D eigenvalue weighted by molar-refractivity contribution is -0.127. The minimum absolute atomic E-state index is 0.318. The number of nitrogens with one attached hydrogen (secondary N) is 1. The smallest absolute Gasteiger partial charge is 0.222 e. The lowest BCUT2D eigenvalue weighted by atomic mass is 9.90. The average molecular weight is 198 g/mol. The number of carbonyl (C=O) groups excluding carboxylic acids is 1. The first-order valence-corrected chi connectivity index (χ1v) is 5.55. The van der Waals surface area contributed by atoms with E-state index in [0.717, 1.165) is 19.5 Å². The van der Waals surface area contributed by atoms with E-state index in [9.17, 15) is 4.79 Å². The van der Waals surface area contributed by atoms with Gasteiger partial charge in [0.15, 0.2) is 0 Å². The molecule has 0 aliphatic carbocycles. The van der Waals surface area contributed by atoms with Gasteiger partial charge in [0, 0.05) is 31.5 Å². The highest BCUT2D eigenvalue weighted by atomic mass is 16.2. The highest BCUT2D eigenvalue weighted by molar-refractivity contribution is 5.78. The third kappa shape index (κ3) is 2.27. The topological polar surface area (TPSA) is 32.3 Å². The number of likely N-dealkylation sites (tertiary alicyclic amines) is 1. The van der Waals surface area contributed by atoms with Crippen molar-refractivity contribution in [2.24, 2.45) is 11.8 Å². The van der Waals surface area contributed by atoms with Crippen molar-refractivity contribution in [1.82, 2.24) is 10.2 Å². The Morgan fingerprint density at radius 2 is 2.21 bits per heavy atom. The van der Waals surface area contributed by atoms with Gasteiger partial charge >= 0.3 is 0 Å². The molecule has 3 heteroatoms. The Balaban J connectivity index is 2.58. The molecule has 14 heavy (non-hydrogen) atoms. The first-order chi connectivity index (χ1) is 6.60. The maximum Gasteiger partial charge on any atom is 0.222 e. The fourth-order valence-electron chi connectivity index (χ4n) is 2.46. The fraction of sp³-hybridized carbons (Fsp3) is 0.909. The van der Waals surface area contributed by atoms with Crippen LogP contribution in [0.3, 0.4) is 0 Å². The van der Waals surface area contributed by atoms with Crippen molar-refractivity contribution < 1.29 is 4.79 Å². The van der Waals surface area contributed by atoms with E-state index in [1.165, 1.54) is 0 Å². The van der Waals surface area contributed by atoms with Crippen LogP contribution in [0.15, 0.2) is 0 Å². The second kappa shape index (κ2) is 4.78. The number of nitrogens with zero attached hydrogens (tertiary/aromatic N) is 1. The molecule has 0 aromatic heterocycles. The molecule has 3 nitrogen and oxygen atoms in total. The monoisotopic (exact) mass is 198 g/mol. The molecule has 2 atom stereocenters. The Morgan fingerprint density at radius 3 is 2.57 bits per heavy atom. The van der Waals surface area contributed by atoms with E-state index in [2.05, 4.69) is 19.2 Å². The van der Waals surface area contributed by atoms with Crippen molar-refractivity contribution in [2.75, 3.05) is 20.1 Å². The molecule has 1 rings (SSSR count). The summed E-state index contributed by atoms with van der Waals surface area (Å²) in [5.41, 5.74) is 0. The van der Waals surface area contributed by atoms with Gasteiger partial charge in [0.05, 0.1) is 0 Å². The molecule has 1 saturated heterocycles. The minimum Gasteiger partial charge on any atom is -0.343 e. The van der Waals surface area contributed by atoms with Crippen LogP contribution < -0.4 is 5.32 Å². The van der Waals surface area contributed by atoms with Crippen molar-refractivity contribution >= 4 is 5.91 Å². The molecule has 1 fully saturated rings. The van der Waals surface area contributed by atoms with Crippen LogP contribution in [0.1, 0.15) is 27.2 Å². The van der Waals surface area contributed by atoms with Crippen LogP contribution in [0.5, 0.6) is 0 Å². The summed E-state index contributed by atoms with van der Waals surface area (Å²) >= 11 is 0. The van der Waals surface area contributed by atoms with Gasteiger partial charge in [0.2, 0.25) is 5.91 Å². The highest BCUT2D eigenvalue weighted by Crippen LogP contribution is 2.24. The molecule has 0 radical (unpaired) electrons. The van der Waals surface area contributed by atoms with Crippen molar-refractivity contribution in [1.29, 1.82) is 0 Å². The van der Waals surface area contributed by atoms with E-state index in [-0.39, 0.29) is 0 Å². The van der Waals surface area contributed by atoms with Gasteiger partial charge in [0.25, 0.3) is 0 Å². The molecule has 1 aliphatic rings. The van der Waals surface area contributed by atoms with Gasteiger partial charge in [-0.25, -0.2) is 0 Å². The van der Waals surface area contributed by atoms with Crippen LogP contribution in [0, 0.1) is 11.8 Å². The molecule has 82 valence electrons. The average Bonchev–Trinajstić information content (AvgIpc) is 2.47. The molecule has 0 bridgehead atoms. The summed E-state index contributed by atoms with van der Waals surface area (Å²) in [6.45, 7) is 8.24. The van der Waals surface area contributed by atoms with E-state index < -0.39 is 0 Å². The van der Waals surface area contributed by atoms with Gasteiger partial charge in [-0.15, -0.1) is 0 Å². The Kier molecular flexibility index (Phi) is 3.93. The molecule has 0 aromatic rings. The molecule has 1 aliphatic heterocycles. The summed E-state index contributed by atoms with van der Waals surface area (Å²) in [4.78, 5) is 13.5. The third-order valence-electron chi connectivity index (χ3n) is 3.19. The molecular weight excluding hydrogens is 176 g/mol. The van der Waals surface area contributed by atoms with Gasteiger partial charge in [0.1, 0.15) is 0 Å². The number of hydrogen-bond donors (Lipinski definition) is 1. The summed E-state index contributed by atoms with van der Waals surface area (Å²) in [5, 5.41) is 3.33. The molecule has 0 aromatic carbocycles. The first-order valence-electron chi connectivity index (χ1n) is 5.55. The van der Waals surface area contributed by atoms with Crippen LogP contribution in [0.2, 0.25) is 0 Å². The van der Waals surface area contributed by atoms with E-state index in [0.29, 0.717) is 23.8 Å². The molecule has 1 amide bonds. The van der Waals surface area contributed by atoms with E-state index >= 15 is 0 Å². The summed E-state index contributed by atoms with van der Waals surface area (Å²) in [6.07, 6.45) is 0.720. The standard InChI is InChI=1S/C11H22N2O/c1-5-13-7-9(6-10(13)14)11(12-4)8(2)3/h8-9,11-12H,5-7H2,1-4H3. The number of hydrogen-bond acceptors (Lipinski definition) is 2. The summed E-state index contributed by atoms with van der Waals surface area (Å²) in [6, 6.07) is 0.468. The lowest BCUT2D eigenvalue weighted by Crippen LogP contribution is -2.39. The van der Waals surface area contributed by atoms with Gasteiger partial charge in [-0.1, -0.05) is 13.8 Å². The molecule has 0 saturated carbocycles. The van der Waals surface area contributed by atoms with Gasteiger partial charge in [-0.05, 0) is 19.9 Å². The van der Waals surface area contributed by atoms with Crippen LogP contribution in [0.4, 0.5) is 0 Å². The van der Waals surface area contributed by atoms with Gasteiger partial charge < -0.3 is 10.2 Å². The Morgan fingerprint density at radius 1 is 1.57 bits per heavy atom. The number of rotatable bonds is 4. The third-order valence-corrected chi connectivity index (χ3v) is 3.19. The zero-order chi connectivity index (χ0) is 10.7. The van der Waals surface area contributed by atoms with Crippen LogP contribution in [-0.4, -0.2) is 37.0 Å². The first kappa shape index (κ1) is 11.5. The largest absolute Gasteiger partial charge is 0.343 e. The zero-order valence-electron chi connectivity index (χ0n) is 9.71. The summed E-state index contributed by atoms with van der Waals surface area (Å²) in [5.74, 6) is 1.40. The summed E-state index contributed by atoms with van der Waals surface area (Å²) in [7, 11) is 1.99. The molecule has 1 N–H and O–H groups in total. The van der Waals surface area contributed by atoms with Crippen molar-refractivity contribution in [3.63, 3.8) is 0 Å². The maximum atomic E-state index is 11.6. The molecular formula is C11H22N2O. The predicted molar refractivity (Wildman–Crippen MR) is 58.0 cm³/mol. The number of carbonyl (C=O) groups is 1. The van der Waals surface area contributed by atoms with Crippen molar-refractivity contribution in [3.05, 3.63) is 0 Å². The van der Waals surface area contributed by atoms with Crippen LogP contribution in [0.25, 0.3) is 0 Å². The lowest BCUT2D eigenvalue weighted by Gasteiger charge is -2.26. The number of amides is 1. The van der Waals surface area contributed by atoms with E-state index in [1.54, 1.807) is 0 Å². The fourth-order valence-corrected chi connectivity index (χ4v) is 2.46. The highest BCUT2D eigenvalue weighted by Gasteiger charge is 2.34. The van der Waals surface area contributed by atoms with Crippen LogP contribution >= 0.6 is 0 Å². The van der Waals surface area contributed by atoms with Crippen LogP contribution in [-0.2, 0) is 4.79 Å². The summed E-state index contributed by atoms with van der Waals surface area (Å²) < 4.78 is 0. The predicted octanol–water partition coefficient (Wildman–Crippen LogP) is 1.10. The quantitative estimate of drug-likeness (QED) is 0.733. The minimum atomic E-state index is 0.318. The van der Waals surface area contributed by atoms with Gasteiger partial charge in [-0.3, -0.25) is 4.79 Å². The SMILES string of the molecule is CCN1CC(C(NC)C(C)C)CC1=O. The Labute approximate surface area is 86.9 Å². The van der Waals surface area contributed by atoms with Crippen molar-refractivity contribution in [2.45, 2.75) is 33.2 Å².